The highest BCUT2D eigenvalue weighted by Crippen LogP contribution is 2.14. The average Bonchev–Trinajstić information content (AvgIpc) is 2.40. The smallest absolute Gasteiger partial charge is 0.396 e. The van der Waals surface area contributed by atoms with Crippen LogP contribution in [0, 0.1) is 0 Å². The summed E-state index contributed by atoms with van der Waals surface area (Å²) < 4.78 is 35.7. The van der Waals surface area contributed by atoms with Crippen LogP contribution >= 0.6 is 0 Å². The largest absolute Gasteiger partial charge is 0.471 e. The van der Waals surface area contributed by atoms with Gasteiger partial charge >= 0.3 is 12.1 Å². The van der Waals surface area contributed by atoms with Gasteiger partial charge in [0.2, 0.25) is 5.91 Å². The molecule has 1 rings (SSSR count). The molecule has 8 heteroatoms. The molecular formula is C13H15F3N2O3. The molecule has 3 N–H and O–H groups in total. The highest BCUT2D eigenvalue weighted by atomic mass is 19.4. The minimum atomic E-state index is -4.95. The van der Waals surface area contributed by atoms with Crippen LogP contribution in [0.25, 0.3) is 0 Å². The molecule has 0 bridgehead atoms. The van der Waals surface area contributed by atoms with Crippen molar-refractivity contribution in [3.05, 3.63) is 29.8 Å². The summed E-state index contributed by atoms with van der Waals surface area (Å²) >= 11 is 0. The summed E-state index contributed by atoms with van der Waals surface area (Å²) in [5, 5.41) is 12.9. The van der Waals surface area contributed by atoms with Gasteiger partial charge in [-0.15, -0.1) is 0 Å². The Kier molecular flexibility index (Phi) is 6.16. The van der Waals surface area contributed by atoms with E-state index >= 15 is 0 Å². The molecule has 0 saturated heterocycles. The van der Waals surface area contributed by atoms with E-state index in [9.17, 15) is 22.8 Å². The van der Waals surface area contributed by atoms with Crippen LogP contribution in [0.2, 0.25) is 0 Å². The van der Waals surface area contributed by atoms with Crippen molar-refractivity contribution in [2.45, 2.75) is 19.0 Å². The van der Waals surface area contributed by atoms with Crippen molar-refractivity contribution in [3.8, 4) is 0 Å². The Labute approximate surface area is 119 Å². The molecule has 0 atom stereocenters. The Morgan fingerprint density at radius 1 is 1.14 bits per heavy atom. The van der Waals surface area contributed by atoms with E-state index in [1.165, 1.54) is 0 Å². The van der Waals surface area contributed by atoms with Crippen LogP contribution in [0.15, 0.2) is 24.3 Å². The zero-order chi connectivity index (χ0) is 15.9. The first-order valence-corrected chi connectivity index (χ1v) is 6.17. The lowest BCUT2D eigenvalue weighted by Crippen LogP contribution is -2.38. The molecule has 1 aromatic carbocycles. The number of alkyl halides is 3. The molecule has 0 saturated carbocycles. The molecular weight excluding hydrogens is 289 g/mol. The first kappa shape index (κ1) is 17.0. The Balaban J connectivity index is 2.35. The molecule has 0 aliphatic carbocycles. The van der Waals surface area contributed by atoms with E-state index in [0.717, 1.165) is 5.56 Å². The fraction of sp³-hybridized carbons (Fsp3) is 0.385. The number of benzene rings is 1. The lowest BCUT2D eigenvalue weighted by Gasteiger charge is -2.08. The molecule has 1 aromatic rings. The van der Waals surface area contributed by atoms with Gasteiger partial charge in [0, 0.05) is 25.3 Å². The van der Waals surface area contributed by atoms with Crippen molar-refractivity contribution < 1.29 is 27.9 Å². The Morgan fingerprint density at radius 3 is 2.29 bits per heavy atom. The number of nitrogens with one attached hydrogen (secondary N) is 2. The number of hydrogen-bond acceptors (Lipinski definition) is 3. The summed E-state index contributed by atoms with van der Waals surface area (Å²) in [6.45, 7) is -0.378. The normalized spacial score (nSPS) is 11.0. The van der Waals surface area contributed by atoms with Crippen molar-refractivity contribution >= 4 is 17.5 Å². The third-order valence-corrected chi connectivity index (χ3v) is 2.53. The van der Waals surface area contributed by atoms with E-state index in [1.807, 2.05) is 0 Å². The number of hydrogen-bond donors (Lipinski definition) is 3. The minimum Gasteiger partial charge on any atom is -0.396 e. The fourth-order valence-corrected chi connectivity index (χ4v) is 1.50. The van der Waals surface area contributed by atoms with Gasteiger partial charge < -0.3 is 15.7 Å². The number of anilines is 1. The van der Waals surface area contributed by atoms with E-state index in [4.69, 9.17) is 5.11 Å². The molecule has 0 unspecified atom stereocenters. The van der Waals surface area contributed by atoms with E-state index in [0.29, 0.717) is 12.1 Å². The number of rotatable bonds is 6. The van der Waals surface area contributed by atoms with Gasteiger partial charge in [0.1, 0.15) is 0 Å². The van der Waals surface area contributed by atoms with Crippen LogP contribution < -0.4 is 10.6 Å². The standard InChI is InChI=1S/C13H15F3N2O3/c14-13(15,16)12(21)17-7-5-11(20)18-10-3-1-9(2-4-10)6-8-19/h1-4,19H,5-8H2,(H,17,21)(H,18,20). The van der Waals surface area contributed by atoms with Gasteiger partial charge in [0.25, 0.3) is 0 Å². The van der Waals surface area contributed by atoms with Gasteiger partial charge in [-0.1, -0.05) is 12.1 Å². The summed E-state index contributed by atoms with van der Waals surface area (Å²) in [5.74, 6) is -2.57. The van der Waals surface area contributed by atoms with Crippen LogP contribution in [-0.4, -0.2) is 36.2 Å². The minimum absolute atomic E-state index is 0.0185. The van der Waals surface area contributed by atoms with Gasteiger partial charge in [-0.3, -0.25) is 9.59 Å². The second-order valence-electron chi connectivity index (χ2n) is 4.22. The second-order valence-corrected chi connectivity index (χ2v) is 4.22. The van der Waals surface area contributed by atoms with Crippen molar-refractivity contribution in [1.82, 2.24) is 5.32 Å². The van der Waals surface area contributed by atoms with E-state index in [2.05, 4.69) is 5.32 Å². The number of carbonyl (C=O) groups excluding carboxylic acids is 2. The summed E-state index contributed by atoms with van der Waals surface area (Å²) in [6, 6.07) is 6.68. The topological polar surface area (TPSA) is 78.4 Å². The first-order valence-electron chi connectivity index (χ1n) is 6.17. The Bertz CT molecular complexity index is 486. The molecule has 0 heterocycles. The van der Waals surface area contributed by atoms with Gasteiger partial charge in [-0.05, 0) is 24.1 Å². The van der Waals surface area contributed by atoms with Crippen molar-refractivity contribution in [2.24, 2.45) is 0 Å². The zero-order valence-corrected chi connectivity index (χ0v) is 11.0. The fourth-order valence-electron chi connectivity index (χ4n) is 1.50. The number of aliphatic hydroxyl groups is 1. The Morgan fingerprint density at radius 2 is 1.76 bits per heavy atom. The zero-order valence-electron chi connectivity index (χ0n) is 11.0. The molecule has 0 aromatic heterocycles. The van der Waals surface area contributed by atoms with Gasteiger partial charge in [0.15, 0.2) is 0 Å². The summed E-state index contributed by atoms with van der Waals surface area (Å²) in [5.41, 5.74) is 1.39. The average molecular weight is 304 g/mol. The van der Waals surface area contributed by atoms with Crippen LogP contribution in [-0.2, 0) is 16.0 Å². The summed E-state index contributed by atoms with van der Waals surface area (Å²) in [6.07, 6.45) is -4.71. The van der Waals surface area contributed by atoms with E-state index < -0.39 is 24.5 Å². The van der Waals surface area contributed by atoms with Crippen molar-refractivity contribution in [1.29, 1.82) is 0 Å². The number of carbonyl (C=O) groups is 2. The summed E-state index contributed by atoms with van der Waals surface area (Å²) in [7, 11) is 0. The number of amides is 2. The number of halogens is 3. The SMILES string of the molecule is O=C(CCNC(=O)C(F)(F)F)Nc1ccc(CCO)cc1. The molecule has 0 aliphatic heterocycles. The lowest BCUT2D eigenvalue weighted by atomic mass is 10.1. The third-order valence-electron chi connectivity index (χ3n) is 2.53. The highest BCUT2D eigenvalue weighted by molar-refractivity contribution is 5.91. The van der Waals surface area contributed by atoms with E-state index in [1.54, 1.807) is 29.6 Å². The molecule has 0 aliphatic rings. The molecule has 0 spiro atoms. The predicted molar refractivity (Wildman–Crippen MR) is 69.5 cm³/mol. The maximum Gasteiger partial charge on any atom is 0.471 e. The van der Waals surface area contributed by atoms with Gasteiger partial charge in [-0.2, -0.15) is 13.2 Å². The lowest BCUT2D eigenvalue weighted by molar-refractivity contribution is -0.173. The van der Waals surface area contributed by atoms with Crippen molar-refractivity contribution in [2.75, 3.05) is 18.5 Å². The molecule has 5 nitrogen and oxygen atoms in total. The van der Waals surface area contributed by atoms with Crippen molar-refractivity contribution in [3.63, 3.8) is 0 Å². The van der Waals surface area contributed by atoms with Crippen LogP contribution in [0.4, 0.5) is 18.9 Å². The monoisotopic (exact) mass is 304 g/mol. The maximum absolute atomic E-state index is 11.9. The predicted octanol–water partition coefficient (Wildman–Crippen LogP) is 1.23. The summed E-state index contributed by atoms with van der Waals surface area (Å²) in [4.78, 5) is 22.0. The van der Waals surface area contributed by atoms with E-state index in [-0.39, 0.29) is 13.0 Å². The molecule has 116 valence electrons. The Hall–Kier alpha value is -2.09. The molecule has 2 amide bonds. The second kappa shape index (κ2) is 7.63. The maximum atomic E-state index is 11.9. The third kappa shape index (κ3) is 6.26. The van der Waals surface area contributed by atoms with Crippen LogP contribution in [0.1, 0.15) is 12.0 Å². The first-order chi connectivity index (χ1) is 9.82. The molecule has 0 radical (unpaired) electrons. The van der Waals surface area contributed by atoms with Gasteiger partial charge in [0.05, 0.1) is 0 Å². The van der Waals surface area contributed by atoms with Crippen LogP contribution in [0.3, 0.4) is 0 Å². The molecule has 0 fully saturated rings. The number of aliphatic hydroxyl groups excluding tert-OH is 1. The quantitative estimate of drug-likeness (QED) is 0.739. The highest BCUT2D eigenvalue weighted by Gasteiger charge is 2.38. The van der Waals surface area contributed by atoms with Crippen LogP contribution in [0.5, 0.6) is 0 Å². The molecule has 21 heavy (non-hydrogen) atoms. The van der Waals surface area contributed by atoms with Gasteiger partial charge in [-0.25, -0.2) is 0 Å².